The highest BCUT2D eigenvalue weighted by molar-refractivity contribution is 7.90. The van der Waals surface area contributed by atoms with Gasteiger partial charge in [-0.05, 0) is 24.6 Å². The van der Waals surface area contributed by atoms with E-state index in [1.807, 2.05) is 13.0 Å². The lowest BCUT2D eigenvalue weighted by molar-refractivity contribution is -0.139. The van der Waals surface area contributed by atoms with Crippen molar-refractivity contribution >= 4 is 16.8 Å². The number of carbonyl (C=O) groups excluding carboxylic acids is 1. The van der Waals surface area contributed by atoms with Crippen molar-refractivity contribution in [2.24, 2.45) is 0 Å². The molecule has 84 valence electrons. The van der Waals surface area contributed by atoms with Gasteiger partial charge in [-0.3, -0.25) is 0 Å². The predicted octanol–water partition coefficient (Wildman–Crippen LogP) is 2.01. The quantitative estimate of drug-likeness (QED) is 0.754. The molecular weight excluding hydrogens is 224 g/mol. The summed E-state index contributed by atoms with van der Waals surface area (Å²) in [7, 11) is -1.42. The first-order valence-corrected chi connectivity index (χ1v) is 6.27. The molecule has 0 radical (unpaired) electrons. The van der Waals surface area contributed by atoms with E-state index in [1.54, 1.807) is 30.3 Å². The third-order valence-electron chi connectivity index (χ3n) is 2.36. The number of ether oxygens (including phenoxy) is 1. The van der Waals surface area contributed by atoms with E-state index in [-0.39, 0.29) is 11.0 Å². The molecule has 0 spiro atoms. The van der Waals surface area contributed by atoms with E-state index in [2.05, 4.69) is 0 Å². The van der Waals surface area contributed by atoms with E-state index in [0.29, 0.717) is 11.3 Å². The summed E-state index contributed by atoms with van der Waals surface area (Å²) in [5, 5.41) is 0. The second-order valence-corrected chi connectivity index (χ2v) is 4.91. The molecule has 2 unspecified atom stereocenters. The van der Waals surface area contributed by atoms with Crippen molar-refractivity contribution in [1.82, 2.24) is 0 Å². The zero-order valence-corrected chi connectivity index (χ0v) is 9.70. The van der Waals surface area contributed by atoms with Crippen molar-refractivity contribution in [2.75, 3.05) is 0 Å². The van der Waals surface area contributed by atoms with Crippen LogP contribution in [0.5, 0.6) is 0 Å². The Bertz CT molecular complexity index is 451. The maximum Gasteiger partial charge on any atom is 0.347 e. The fourth-order valence-corrected chi connectivity index (χ4v) is 2.61. The van der Waals surface area contributed by atoms with Gasteiger partial charge < -0.3 is 4.74 Å². The Morgan fingerprint density at radius 1 is 1.31 bits per heavy atom. The van der Waals surface area contributed by atoms with E-state index >= 15 is 0 Å². The van der Waals surface area contributed by atoms with Gasteiger partial charge in [0.25, 0.3) is 0 Å². The van der Waals surface area contributed by atoms with Gasteiger partial charge in [0.1, 0.15) is 11.0 Å². The number of benzene rings is 1. The second-order valence-electron chi connectivity index (χ2n) is 3.46. The summed E-state index contributed by atoms with van der Waals surface area (Å²) < 4.78 is 17.1. The molecule has 0 aliphatic carbocycles. The van der Waals surface area contributed by atoms with Crippen LogP contribution in [0.3, 0.4) is 0 Å². The normalized spacial score (nSPS) is 21.4. The van der Waals surface area contributed by atoms with Gasteiger partial charge in [-0.1, -0.05) is 25.1 Å². The Labute approximate surface area is 96.6 Å². The van der Waals surface area contributed by atoms with Crippen LogP contribution in [0.1, 0.15) is 13.3 Å². The van der Waals surface area contributed by atoms with Crippen molar-refractivity contribution in [3.05, 3.63) is 41.3 Å². The summed E-state index contributed by atoms with van der Waals surface area (Å²) in [5.74, 6) is -0.464. The summed E-state index contributed by atoms with van der Waals surface area (Å²) in [6, 6.07) is 8.92. The van der Waals surface area contributed by atoms with Gasteiger partial charge in [-0.2, -0.15) is 0 Å². The maximum absolute atomic E-state index is 12.1. The van der Waals surface area contributed by atoms with Crippen molar-refractivity contribution in [1.29, 1.82) is 0 Å². The highest BCUT2D eigenvalue weighted by Gasteiger charge is 2.29. The first-order chi connectivity index (χ1) is 7.72. The zero-order valence-electron chi connectivity index (χ0n) is 8.88. The molecule has 0 N–H and O–H groups in total. The van der Waals surface area contributed by atoms with E-state index in [0.717, 1.165) is 0 Å². The lowest BCUT2D eigenvalue weighted by Crippen LogP contribution is -2.08. The molecule has 1 aromatic rings. The van der Waals surface area contributed by atoms with Crippen LogP contribution >= 0.6 is 0 Å². The smallest absolute Gasteiger partial charge is 0.347 e. The molecule has 0 aromatic heterocycles. The lowest BCUT2D eigenvalue weighted by Gasteiger charge is -2.02. The summed E-state index contributed by atoms with van der Waals surface area (Å²) in [5.41, 5.74) is 0. The molecule has 0 saturated heterocycles. The molecule has 4 heteroatoms. The van der Waals surface area contributed by atoms with Crippen molar-refractivity contribution in [3.63, 3.8) is 0 Å². The van der Waals surface area contributed by atoms with Crippen LogP contribution in [-0.4, -0.2) is 16.3 Å². The molecular formula is C12H12O3S. The Hall–Kier alpha value is -1.42. The number of esters is 1. The van der Waals surface area contributed by atoms with Crippen LogP contribution < -0.4 is 0 Å². The number of cyclic esters (lactones) is 1. The fraction of sp³-hybridized carbons (Fsp3) is 0.250. The molecule has 2 atom stereocenters. The van der Waals surface area contributed by atoms with Crippen molar-refractivity contribution in [3.8, 4) is 0 Å². The van der Waals surface area contributed by atoms with Crippen LogP contribution in [0.25, 0.3) is 0 Å². The minimum atomic E-state index is -1.42. The number of rotatable bonds is 3. The predicted molar refractivity (Wildman–Crippen MR) is 61.1 cm³/mol. The van der Waals surface area contributed by atoms with E-state index in [1.165, 1.54) is 0 Å². The Morgan fingerprint density at radius 3 is 2.56 bits per heavy atom. The molecule has 0 saturated carbocycles. The molecule has 0 bridgehead atoms. The molecule has 0 amide bonds. The first-order valence-electron chi connectivity index (χ1n) is 5.12. The zero-order chi connectivity index (χ0) is 11.5. The molecule has 1 aliphatic rings. The minimum absolute atomic E-state index is 0.227. The van der Waals surface area contributed by atoms with Crippen molar-refractivity contribution < 1.29 is 13.7 Å². The molecule has 1 aromatic carbocycles. The first kappa shape index (κ1) is 11.1. The molecule has 1 aliphatic heterocycles. The van der Waals surface area contributed by atoms with Gasteiger partial charge in [0.05, 0.1) is 10.8 Å². The number of hydrogen-bond donors (Lipinski definition) is 0. The van der Waals surface area contributed by atoms with Gasteiger partial charge in [0.15, 0.2) is 0 Å². The van der Waals surface area contributed by atoms with Crippen molar-refractivity contribution in [2.45, 2.75) is 24.3 Å². The van der Waals surface area contributed by atoms with Gasteiger partial charge in [-0.15, -0.1) is 0 Å². The topological polar surface area (TPSA) is 43.4 Å². The molecule has 3 nitrogen and oxygen atoms in total. The highest BCUT2D eigenvalue weighted by Crippen LogP contribution is 2.23. The molecule has 1 heterocycles. The van der Waals surface area contributed by atoms with Gasteiger partial charge in [0.2, 0.25) is 0 Å². The summed E-state index contributed by atoms with van der Waals surface area (Å²) in [4.78, 5) is 12.4. The lowest BCUT2D eigenvalue weighted by atomic mass is 10.3. The molecule has 0 fully saturated rings. The third kappa shape index (κ3) is 2.07. The average molecular weight is 236 g/mol. The van der Waals surface area contributed by atoms with Gasteiger partial charge >= 0.3 is 5.97 Å². The Kier molecular flexibility index (Phi) is 3.19. The molecule has 2 rings (SSSR count). The summed E-state index contributed by atoms with van der Waals surface area (Å²) >= 11 is 0. The minimum Gasteiger partial charge on any atom is -0.454 e. The van der Waals surface area contributed by atoms with Gasteiger partial charge in [0, 0.05) is 4.90 Å². The van der Waals surface area contributed by atoms with Gasteiger partial charge in [-0.25, -0.2) is 9.00 Å². The van der Waals surface area contributed by atoms with Crippen LogP contribution in [0.2, 0.25) is 0 Å². The maximum atomic E-state index is 12.1. The van der Waals surface area contributed by atoms with E-state index in [9.17, 15) is 9.00 Å². The highest BCUT2D eigenvalue weighted by atomic mass is 32.2. The second kappa shape index (κ2) is 4.61. The van der Waals surface area contributed by atoms with Crippen LogP contribution in [0.15, 0.2) is 46.2 Å². The average Bonchev–Trinajstić information content (AvgIpc) is 2.71. The summed E-state index contributed by atoms with van der Waals surface area (Å²) in [6.07, 6.45) is 2.14. The Balaban J connectivity index is 2.27. The number of hydrogen-bond acceptors (Lipinski definition) is 3. The van der Waals surface area contributed by atoms with E-state index in [4.69, 9.17) is 4.74 Å². The summed E-state index contributed by atoms with van der Waals surface area (Å²) in [6.45, 7) is 1.92. The van der Waals surface area contributed by atoms with Crippen LogP contribution in [0, 0.1) is 0 Å². The third-order valence-corrected chi connectivity index (χ3v) is 3.76. The van der Waals surface area contributed by atoms with Crippen LogP contribution in [-0.2, 0) is 20.3 Å². The number of carbonyl (C=O) groups is 1. The van der Waals surface area contributed by atoms with Crippen LogP contribution in [0.4, 0.5) is 0 Å². The monoisotopic (exact) mass is 236 g/mol. The largest absolute Gasteiger partial charge is 0.454 e. The molecule has 16 heavy (non-hydrogen) atoms. The Morgan fingerprint density at radius 2 is 2.00 bits per heavy atom. The van der Waals surface area contributed by atoms with E-state index < -0.39 is 16.8 Å². The SMILES string of the molecule is CCC1C=C(S(=O)c2ccccc2)C(=O)O1. The standard InChI is InChI=1S/C12H12O3S/c1-2-9-8-11(12(13)15-9)16(14)10-6-4-3-5-7-10/h3-9H,2H2,1H3. The fourth-order valence-electron chi connectivity index (χ4n) is 1.48.